The van der Waals surface area contributed by atoms with E-state index in [1.807, 2.05) is 24.7 Å². The van der Waals surface area contributed by atoms with Crippen LogP contribution in [-0.4, -0.2) is 78.2 Å². The number of esters is 1. The predicted molar refractivity (Wildman–Crippen MR) is 132 cm³/mol. The summed E-state index contributed by atoms with van der Waals surface area (Å²) < 4.78 is 7.97. The molecule has 1 N–H and O–H groups in total. The summed E-state index contributed by atoms with van der Waals surface area (Å²) >= 11 is 2.19. The molecule has 9 heteroatoms. The number of fused-ring (bicyclic) bond motifs is 1. The molecule has 1 atom stereocenters. The van der Waals surface area contributed by atoms with Gasteiger partial charge in [0.2, 0.25) is 5.43 Å². The van der Waals surface area contributed by atoms with Crippen molar-refractivity contribution in [1.29, 1.82) is 0 Å². The van der Waals surface area contributed by atoms with Crippen LogP contribution in [0.15, 0.2) is 17.1 Å². The molecule has 1 aliphatic rings. The Morgan fingerprint density at radius 2 is 2.16 bits per heavy atom. The summed E-state index contributed by atoms with van der Waals surface area (Å²) in [7, 11) is 4.05. The van der Waals surface area contributed by atoms with Crippen molar-refractivity contribution in [3.8, 4) is 0 Å². The van der Waals surface area contributed by atoms with E-state index in [4.69, 9.17) is 9.72 Å². The zero-order chi connectivity index (χ0) is 22.5. The van der Waals surface area contributed by atoms with Crippen molar-refractivity contribution in [3.63, 3.8) is 0 Å². The largest absolute Gasteiger partial charge is 0.462 e. The third kappa shape index (κ3) is 5.56. The van der Waals surface area contributed by atoms with E-state index in [1.165, 1.54) is 0 Å². The van der Waals surface area contributed by atoms with Crippen LogP contribution in [0.4, 0.5) is 5.82 Å². The van der Waals surface area contributed by atoms with Gasteiger partial charge in [0.05, 0.1) is 15.6 Å². The van der Waals surface area contributed by atoms with Crippen LogP contribution < -0.4 is 10.7 Å². The number of carbonyl (C=O) groups is 1. The quantitative estimate of drug-likeness (QED) is 0.387. The van der Waals surface area contributed by atoms with E-state index >= 15 is 0 Å². The van der Waals surface area contributed by atoms with Crippen molar-refractivity contribution in [2.75, 3.05) is 52.2 Å². The Balaban J connectivity index is 2.08. The Labute approximate surface area is 197 Å². The molecule has 3 heterocycles. The number of likely N-dealkylation sites (tertiary alicyclic amines) is 1. The van der Waals surface area contributed by atoms with Crippen molar-refractivity contribution in [2.24, 2.45) is 0 Å². The molecular formula is C22H32IN5O3. The molecule has 0 unspecified atom stereocenters. The van der Waals surface area contributed by atoms with Crippen molar-refractivity contribution < 1.29 is 9.53 Å². The van der Waals surface area contributed by atoms with Crippen LogP contribution in [0, 0.1) is 3.57 Å². The van der Waals surface area contributed by atoms with E-state index < -0.39 is 5.97 Å². The second kappa shape index (κ2) is 10.7. The fourth-order valence-corrected chi connectivity index (χ4v) is 4.67. The molecule has 0 bridgehead atoms. The summed E-state index contributed by atoms with van der Waals surface area (Å²) in [5.74, 6) is 0.177. The lowest BCUT2D eigenvalue weighted by atomic mass is 10.1. The van der Waals surface area contributed by atoms with Gasteiger partial charge >= 0.3 is 5.97 Å². The van der Waals surface area contributed by atoms with Gasteiger partial charge < -0.3 is 19.5 Å². The number of hydrogen-bond donors (Lipinski definition) is 1. The SMILES string of the molecule is CCOC(=O)c1cn(C[C@@H]2CCCN2CC)c2nc(NCCN(C)C)c(I)cc2c1=O. The number of aromatic nitrogens is 2. The number of rotatable bonds is 9. The number of nitrogens with zero attached hydrogens (tertiary/aromatic N) is 4. The first-order valence-corrected chi connectivity index (χ1v) is 12.0. The summed E-state index contributed by atoms with van der Waals surface area (Å²) in [4.78, 5) is 35.0. The topological polar surface area (TPSA) is 79.7 Å². The molecule has 0 radical (unpaired) electrons. The van der Waals surface area contributed by atoms with Crippen LogP contribution in [0.25, 0.3) is 11.0 Å². The van der Waals surface area contributed by atoms with Gasteiger partial charge in [-0.2, -0.15) is 0 Å². The molecule has 3 rings (SSSR count). The number of halogens is 1. The molecule has 170 valence electrons. The fourth-order valence-electron chi connectivity index (χ4n) is 4.05. The monoisotopic (exact) mass is 541 g/mol. The molecule has 0 saturated carbocycles. The zero-order valence-electron chi connectivity index (χ0n) is 18.8. The van der Waals surface area contributed by atoms with Gasteiger partial charge in [0.15, 0.2) is 0 Å². The smallest absolute Gasteiger partial charge is 0.343 e. The number of hydrogen-bond acceptors (Lipinski definition) is 7. The first-order chi connectivity index (χ1) is 14.8. The van der Waals surface area contributed by atoms with Crippen LogP contribution in [0.3, 0.4) is 0 Å². The highest BCUT2D eigenvalue weighted by Crippen LogP contribution is 2.24. The molecule has 1 saturated heterocycles. The first-order valence-electron chi connectivity index (χ1n) is 10.9. The number of nitrogens with one attached hydrogen (secondary N) is 1. The maximum absolute atomic E-state index is 13.1. The summed E-state index contributed by atoms with van der Waals surface area (Å²) in [5, 5.41) is 3.83. The molecule has 0 amide bonds. The highest BCUT2D eigenvalue weighted by atomic mass is 127. The minimum absolute atomic E-state index is 0.0707. The minimum Gasteiger partial charge on any atom is -0.462 e. The van der Waals surface area contributed by atoms with Crippen LogP contribution in [-0.2, 0) is 11.3 Å². The summed E-state index contributed by atoms with van der Waals surface area (Å²) in [6, 6.07) is 2.19. The van der Waals surface area contributed by atoms with E-state index in [9.17, 15) is 9.59 Å². The van der Waals surface area contributed by atoms with Gasteiger partial charge in [-0.15, -0.1) is 0 Å². The lowest BCUT2D eigenvalue weighted by Gasteiger charge is -2.25. The number of likely N-dealkylation sites (N-methyl/N-ethyl adjacent to an activating group) is 2. The zero-order valence-corrected chi connectivity index (χ0v) is 20.9. The second-order valence-electron chi connectivity index (χ2n) is 8.09. The van der Waals surface area contributed by atoms with Crippen molar-refractivity contribution in [1.82, 2.24) is 19.4 Å². The standard InChI is InChI=1S/C22H32IN5O3/c1-5-27-10-7-8-15(27)13-28-14-17(22(30)31-6-2)19(29)16-12-18(23)20(25-21(16)28)24-9-11-26(3)4/h12,14-15H,5-11,13H2,1-4H3,(H,24,25)/t15-/m0/s1. The van der Waals surface area contributed by atoms with Gasteiger partial charge in [-0.05, 0) is 75.6 Å². The van der Waals surface area contributed by atoms with E-state index in [0.717, 1.165) is 48.4 Å². The molecule has 0 aliphatic carbocycles. The van der Waals surface area contributed by atoms with Crippen molar-refractivity contribution >= 4 is 45.4 Å². The molecule has 1 fully saturated rings. The molecule has 0 aromatic carbocycles. The van der Waals surface area contributed by atoms with E-state index in [0.29, 0.717) is 23.6 Å². The van der Waals surface area contributed by atoms with Crippen molar-refractivity contribution in [2.45, 2.75) is 39.3 Å². The van der Waals surface area contributed by atoms with Crippen molar-refractivity contribution in [3.05, 3.63) is 31.6 Å². The Kier molecular flexibility index (Phi) is 8.29. The van der Waals surface area contributed by atoms with E-state index in [2.05, 4.69) is 44.6 Å². The molecular weight excluding hydrogens is 509 g/mol. The highest BCUT2D eigenvalue weighted by molar-refractivity contribution is 14.1. The maximum Gasteiger partial charge on any atom is 0.343 e. The van der Waals surface area contributed by atoms with Gasteiger partial charge in [0.25, 0.3) is 0 Å². The average Bonchev–Trinajstić information content (AvgIpc) is 3.18. The van der Waals surface area contributed by atoms with Crippen LogP contribution in [0.2, 0.25) is 0 Å². The van der Waals surface area contributed by atoms with Gasteiger partial charge in [0.1, 0.15) is 17.0 Å². The Morgan fingerprint density at radius 3 is 2.84 bits per heavy atom. The molecule has 8 nitrogen and oxygen atoms in total. The number of pyridine rings is 2. The Bertz CT molecular complexity index is 991. The average molecular weight is 541 g/mol. The van der Waals surface area contributed by atoms with Gasteiger partial charge in [-0.25, -0.2) is 9.78 Å². The molecule has 0 spiro atoms. The first kappa shape index (κ1) is 23.9. The third-order valence-corrected chi connectivity index (χ3v) is 6.48. The van der Waals surface area contributed by atoms with Crippen LogP contribution in [0.5, 0.6) is 0 Å². The number of anilines is 1. The van der Waals surface area contributed by atoms with E-state index in [1.54, 1.807) is 13.1 Å². The maximum atomic E-state index is 13.1. The molecule has 2 aromatic rings. The molecule has 1 aliphatic heterocycles. The van der Waals surface area contributed by atoms with Crippen LogP contribution in [0.1, 0.15) is 37.0 Å². The second-order valence-corrected chi connectivity index (χ2v) is 9.25. The normalized spacial score (nSPS) is 16.9. The highest BCUT2D eigenvalue weighted by Gasteiger charge is 2.25. The summed E-state index contributed by atoms with van der Waals surface area (Å²) in [5.41, 5.74) is 0.351. The van der Waals surface area contributed by atoms with Crippen LogP contribution >= 0.6 is 22.6 Å². The van der Waals surface area contributed by atoms with Gasteiger partial charge in [-0.1, -0.05) is 6.92 Å². The minimum atomic E-state index is -0.579. The molecule has 2 aromatic heterocycles. The van der Waals surface area contributed by atoms with E-state index in [-0.39, 0.29) is 17.6 Å². The van der Waals surface area contributed by atoms with Gasteiger partial charge in [-0.3, -0.25) is 9.69 Å². The number of carbonyl (C=O) groups excluding carboxylic acids is 1. The third-order valence-electron chi connectivity index (χ3n) is 5.66. The molecule has 31 heavy (non-hydrogen) atoms. The predicted octanol–water partition coefficient (Wildman–Crippen LogP) is 2.64. The summed E-state index contributed by atoms with van der Waals surface area (Å²) in [6.45, 7) is 8.50. The fraction of sp³-hybridized carbons (Fsp3) is 0.591. The Hall–Kier alpha value is -1.72. The lowest BCUT2D eigenvalue weighted by molar-refractivity contribution is 0.0524. The Morgan fingerprint density at radius 1 is 1.39 bits per heavy atom. The lowest BCUT2D eigenvalue weighted by Crippen LogP contribution is -2.34. The number of ether oxygens (including phenoxy) is 1. The van der Waals surface area contributed by atoms with Gasteiger partial charge in [0, 0.05) is 31.9 Å². The summed E-state index contributed by atoms with van der Waals surface area (Å²) in [6.07, 6.45) is 3.89.